The molecule has 0 saturated carbocycles. The van der Waals surface area contributed by atoms with Gasteiger partial charge in [-0.2, -0.15) is 0 Å². The molecular weight excluding hydrogens is 520 g/mol. The molecule has 1 aliphatic heterocycles. The average Bonchev–Trinajstić information content (AvgIpc) is 2.90. The van der Waals surface area contributed by atoms with Crippen molar-refractivity contribution >= 4 is 17.8 Å². The predicted octanol–water partition coefficient (Wildman–Crippen LogP) is 6.83. The molecule has 0 spiro atoms. The molecular formula is C33H58N2O6. The van der Waals surface area contributed by atoms with Crippen LogP contribution in [0.1, 0.15) is 131 Å². The highest BCUT2D eigenvalue weighted by Gasteiger charge is 2.46. The van der Waals surface area contributed by atoms with Crippen molar-refractivity contribution in [3.63, 3.8) is 0 Å². The van der Waals surface area contributed by atoms with Crippen molar-refractivity contribution in [1.29, 1.82) is 0 Å². The molecule has 2 atom stereocenters. The Morgan fingerprint density at radius 3 is 2.20 bits per heavy atom. The quantitative estimate of drug-likeness (QED) is 0.0958. The fraction of sp³-hybridized carbons (Fsp3) is 0.788. The van der Waals surface area contributed by atoms with E-state index in [1.165, 1.54) is 38.5 Å². The summed E-state index contributed by atoms with van der Waals surface area (Å²) in [6.45, 7) is 10.3. The van der Waals surface area contributed by atoms with Crippen molar-refractivity contribution in [3.8, 4) is 0 Å². The van der Waals surface area contributed by atoms with E-state index in [-0.39, 0.29) is 18.2 Å². The molecule has 1 saturated heterocycles. The number of nitrogens with one attached hydrogen (secondary N) is 2. The highest BCUT2D eigenvalue weighted by Crippen LogP contribution is 2.35. The third-order valence-electron chi connectivity index (χ3n) is 7.31. The lowest BCUT2D eigenvalue weighted by Crippen LogP contribution is -2.57. The first kappa shape index (κ1) is 36.8. The summed E-state index contributed by atoms with van der Waals surface area (Å²) in [6.07, 6.45) is 22.3. The highest BCUT2D eigenvalue weighted by molar-refractivity contribution is 5.82. The topological polar surface area (TPSA) is 114 Å². The summed E-state index contributed by atoms with van der Waals surface area (Å²) in [5.41, 5.74) is -0.539. The van der Waals surface area contributed by atoms with Crippen molar-refractivity contribution in [1.82, 2.24) is 10.6 Å². The lowest BCUT2D eigenvalue weighted by molar-refractivity contribution is -0.304. The number of hydrogen-bond acceptors (Lipinski definition) is 5. The molecule has 0 radical (unpaired) electrons. The number of ether oxygens (including phenoxy) is 2. The van der Waals surface area contributed by atoms with Crippen molar-refractivity contribution in [2.75, 3.05) is 13.2 Å². The minimum Gasteiger partial charge on any atom is -0.481 e. The molecule has 236 valence electrons. The molecule has 0 bridgehead atoms. The van der Waals surface area contributed by atoms with Gasteiger partial charge < -0.3 is 25.2 Å². The first-order valence-electron chi connectivity index (χ1n) is 15.9. The SMILES string of the molecule is CCCCC/C=C\C/C=C\CCCCCCCC(=O)NCCCC(CC(=O)O)NC(=O)C1OC(C)(C)OCC1(C)C. The molecule has 2 unspecified atom stereocenters. The Kier molecular flexibility index (Phi) is 18.6. The smallest absolute Gasteiger partial charge is 0.305 e. The molecule has 41 heavy (non-hydrogen) atoms. The number of rotatable bonds is 22. The second kappa shape index (κ2) is 20.6. The number of hydrogen-bond donors (Lipinski definition) is 3. The third-order valence-corrected chi connectivity index (χ3v) is 7.31. The Bertz CT molecular complexity index is 821. The van der Waals surface area contributed by atoms with Gasteiger partial charge in [0.15, 0.2) is 5.79 Å². The molecule has 8 nitrogen and oxygen atoms in total. The molecule has 0 aliphatic carbocycles. The van der Waals surface area contributed by atoms with E-state index in [0.29, 0.717) is 32.4 Å². The highest BCUT2D eigenvalue weighted by atomic mass is 16.7. The zero-order valence-corrected chi connectivity index (χ0v) is 26.5. The summed E-state index contributed by atoms with van der Waals surface area (Å²) in [5, 5.41) is 15.1. The van der Waals surface area contributed by atoms with E-state index < -0.39 is 29.3 Å². The van der Waals surface area contributed by atoms with Gasteiger partial charge in [-0.05, 0) is 65.2 Å². The van der Waals surface area contributed by atoms with Crippen LogP contribution < -0.4 is 10.6 Å². The first-order valence-corrected chi connectivity index (χ1v) is 15.9. The second-order valence-electron chi connectivity index (χ2n) is 12.5. The second-order valence-corrected chi connectivity index (χ2v) is 12.5. The first-order chi connectivity index (χ1) is 19.5. The van der Waals surface area contributed by atoms with Crippen LogP contribution in [-0.2, 0) is 23.9 Å². The lowest BCUT2D eigenvalue weighted by atomic mass is 9.85. The molecule has 1 heterocycles. The zero-order chi connectivity index (χ0) is 30.6. The molecule has 1 fully saturated rings. The largest absolute Gasteiger partial charge is 0.481 e. The number of allylic oxidation sites excluding steroid dienone is 4. The van der Waals surface area contributed by atoms with Crippen LogP contribution in [0.5, 0.6) is 0 Å². The molecule has 3 N–H and O–H groups in total. The van der Waals surface area contributed by atoms with Crippen LogP contribution in [0.3, 0.4) is 0 Å². The number of carboxylic acid groups (broad SMARTS) is 1. The molecule has 0 aromatic rings. The van der Waals surface area contributed by atoms with Crippen LogP contribution in [0.4, 0.5) is 0 Å². The molecule has 1 rings (SSSR count). The molecule has 8 heteroatoms. The van der Waals surface area contributed by atoms with Crippen molar-refractivity contribution < 1.29 is 29.0 Å². The fourth-order valence-electron chi connectivity index (χ4n) is 4.80. The van der Waals surface area contributed by atoms with E-state index in [1.807, 2.05) is 13.8 Å². The van der Waals surface area contributed by atoms with Crippen molar-refractivity contribution in [2.24, 2.45) is 5.41 Å². The molecule has 2 amide bonds. The number of carboxylic acids is 1. The van der Waals surface area contributed by atoms with Gasteiger partial charge in [-0.1, -0.05) is 77.2 Å². The van der Waals surface area contributed by atoms with Gasteiger partial charge in [-0.15, -0.1) is 0 Å². The summed E-state index contributed by atoms with van der Waals surface area (Å²) >= 11 is 0. The fourth-order valence-corrected chi connectivity index (χ4v) is 4.80. The van der Waals surface area contributed by atoms with E-state index in [4.69, 9.17) is 9.47 Å². The summed E-state index contributed by atoms with van der Waals surface area (Å²) in [7, 11) is 0. The predicted molar refractivity (Wildman–Crippen MR) is 164 cm³/mol. The molecule has 0 aromatic heterocycles. The van der Waals surface area contributed by atoms with Crippen LogP contribution >= 0.6 is 0 Å². The van der Waals surface area contributed by atoms with Crippen molar-refractivity contribution in [2.45, 2.75) is 149 Å². The number of carbonyl (C=O) groups is 3. The standard InChI is InChI=1S/C33H58N2O6/c1-6-7-8-9-10-11-12-13-14-15-16-17-18-19-20-23-28(36)34-24-21-22-27(25-29(37)38)35-31(39)30-32(2,3)26-40-33(4,5)41-30/h10-11,13-14,27,30H,6-9,12,15-26H2,1-5H3,(H,34,36)(H,35,39)(H,37,38)/b11-10-,14-13-. The van der Waals surface area contributed by atoms with E-state index >= 15 is 0 Å². The Labute approximate surface area is 249 Å². The van der Waals surface area contributed by atoms with E-state index in [2.05, 4.69) is 41.9 Å². The monoisotopic (exact) mass is 578 g/mol. The minimum absolute atomic E-state index is 0.0223. The van der Waals surface area contributed by atoms with Gasteiger partial charge in [0, 0.05) is 24.4 Å². The number of unbranched alkanes of at least 4 members (excludes halogenated alkanes) is 8. The van der Waals surface area contributed by atoms with Gasteiger partial charge in [-0.3, -0.25) is 14.4 Å². The zero-order valence-electron chi connectivity index (χ0n) is 26.5. The summed E-state index contributed by atoms with van der Waals surface area (Å²) in [4.78, 5) is 36.6. The minimum atomic E-state index is -0.979. The Morgan fingerprint density at radius 2 is 1.54 bits per heavy atom. The normalized spacial score (nSPS) is 18.9. The summed E-state index contributed by atoms with van der Waals surface area (Å²) < 4.78 is 11.5. The Balaban J connectivity index is 2.17. The number of aliphatic carboxylic acids is 1. The van der Waals surface area contributed by atoms with Gasteiger partial charge in [0.1, 0.15) is 6.10 Å². The van der Waals surface area contributed by atoms with Gasteiger partial charge in [0.05, 0.1) is 13.0 Å². The Hall–Kier alpha value is -2.19. The van der Waals surface area contributed by atoms with Gasteiger partial charge in [0.25, 0.3) is 0 Å². The molecule has 1 aliphatic rings. The lowest BCUT2D eigenvalue weighted by Gasteiger charge is -2.45. The van der Waals surface area contributed by atoms with E-state index in [9.17, 15) is 19.5 Å². The van der Waals surface area contributed by atoms with Gasteiger partial charge in [0.2, 0.25) is 11.8 Å². The van der Waals surface area contributed by atoms with Crippen LogP contribution in [0.2, 0.25) is 0 Å². The van der Waals surface area contributed by atoms with Crippen molar-refractivity contribution in [3.05, 3.63) is 24.3 Å². The maximum atomic E-state index is 13.0. The van der Waals surface area contributed by atoms with E-state index in [1.54, 1.807) is 13.8 Å². The average molecular weight is 579 g/mol. The van der Waals surface area contributed by atoms with Crippen LogP contribution in [0.15, 0.2) is 24.3 Å². The van der Waals surface area contributed by atoms with Crippen LogP contribution in [0, 0.1) is 5.41 Å². The third kappa shape index (κ3) is 18.1. The number of carbonyl (C=O) groups excluding carboxylic acids is 2. The maximum Gasteiger partial charge on any atom is 0.305 e. The number of amides is 2. The summed E-state index contributed by atoms with van der Waals surface area (Å²) in [5.74, 6) is -2.17. The van der Waals surface area contributed by atoms with Gasteiger partial charge in [-0.25, -0.2) is 0 Å². The molecule has 0 aromatic carbocycles. The van der Waals surface area contributed by atoms with Crippen LogP contribution in [-0.4, -0.2) is 54.0 Å². The van der Waals surface area contributed by atoms with E-state index in [0.717, 1.165) is 32.1 Å². The summed E-state index contributed by atoms with van der Waals surface area (Å²) in [6, 6.07) is -0.538. The maximum absolute atomic E-state index is 13.0. The Morgan fingerprint density at radius 1 is 0.902 bits per heavy atom. The van der Waals surface area contributed by atoms with Crippen LogP contribution in [0.25, 0.3) is 0 Å². The van der Waals surface area contributed by atoms with Gasteiger partial charge >= 0.3 is 5.97 Å².